The second-order valence-corrected chi connectivity index (χ2v) is 5.59. The highest BCUT2D eigenvalue weighted by Crippen LogP contribution is 2.21. The van der Waals surface area contributed by atoms with Crippen molar-refractivity contribution in [2.75, 3.05) is 0 Å². The third kappa shape index (κ3) is 3.55. The van der Waals surface area contributed by atoms with Crippen molar-refractivity contribution in [3.05, 3.63) is 90.5 Å². The molecule has 0 unspecified atom stereocenters. The minimum atomic E-state index is 0.521. The Bertz CT molecular complexity index is 1000. The van der Waals surface area contributed by atoms with Gasteiger partial charge in [-0.05, 0) is 34.0 Å². The van der Waals surface area contributed by atoms with Crippen LogP contribution in [0.4, 0.5) is 0 Å². The zero-order valence-electron chi connectivity index (χ0n) is 13.5. The van der Waals surface area contributed by atoms with Gasteiger partial charge >= 0.3 is 0 Å². The summed E-state index contributed by atoms with van der Waals surface area (Å²) < 4.78 is 7.53. The van der Waals surface area contributed by atoms with E-state index in [2.05, 4.69) is 45.6 Å². The second-order valence-electron chi connectivity index (χ2n) is 5.59. The molecule has 0 saturated heterocycles. The first-order chi connectivity index (χ1) is 12.4. The molecular formula is C20H16N4O. The van der Waals surface area contributed by atoms with Crippen LogP contribution in [0, 0.1) is 0 Å². The second kappa shape index (κ2) is 6.97. The summed E-state index contributed by atoms with van der Waals surface area (Å²) in [5, 5.41) is 14.1. The highest BCUT2D eigenvalue weighted by atomic mass is 16.5. The normalized spacial score (nSPS) is 11.2. The summed E-state index contributed by atoms with van der Waals surface area (Å²) in [4.78, 5) is 0. The van der Waals surface area contributed by atoms with E-state index in [9.17, 15) is 0 Å². The smallest absolute Gasteiger partial charge is 0.141 e. The van der Waals surface area contributed by atoms with Gasteiger partial charge in [-0.1, -0.05) is 54.6 Å². The van der Waals surface area contributed by atoms with E-state index >= 15 is 0 Å². The van der Waals surface area contributed by atoms with Crippen molar-refractivity contribution in [2.24, 2.45) is 5.10 Å². The van der Waals surface area contributed by atoms with Gasteiger partial charge in [-0.15, -0.1) is 10.2 Å². The van der Waals surface area contributed by atoms with Crippen LogP contribution in [0.5, 0.6) is 5.75 Å². The Balaban J connectivity index is 1.50. The summed E-state index contributed by atoms with van der Waals surface area (Å²) in [6, 6.07) is 22.4. The van der Waals surface area contributed by atoms with Crippen LogP contribution in [0.2, 0.25) is 0 Å². The highest BCUT2D eigenvalue weighted by molar-refractivity contribution is 5.85. The molecule has 0 radical (unpaired) electrons. The maximum absolute atomic E-state index is 5.98. The molecule has 0 saturated carbocycles. The van der Waals surface area contributed by atoms with Crippen LogP contribution in [0.3, 0.4) is 0 Å². The molecule has 5 nitrogen and oxygen atoms in total. The number of aromatic nitrogens is 3. The Morgan fingerprint density at radius 3 is 2.64 bits per heavy atom. The maximum Gasteiger partial charge on any atom is 0.141 e. The first kappa shape index (κ1) is 15.1. The van der Waals surface area contributed by atoms with Crippen molar-refractivity contribution < 1.29 is 4.74 Å². The van der Waals surface area contributed by atoms with Crippen molar-refractivity contribution in [2.45, 2.75) is 6.61 Å². The van der Waals surface area contributed by atoms with Gasteiger partial charge in [0.05, 0.1) is 6.21 Å². The van der Waals surface area contributed by atoms with Crippen molar-refractivity contribution in [1.29, 1.82) is 0 Å². The van der Waals surface area contributed by atoms with Gasteiger partial charge in [0, 0.05) is 0 Å². The summed E-state index contributed by atoms with van der Waals surface area (Å²) in [5.41, 5.74) is 2.12. The Morgan fingerprint density at radius 1 is 0.920 bits per heavy atom. The molecule has 122 valence electrons. The predicted octanol–water partition coefficient (Wildman–Crippen LogP) is 3.89. The lowest BCUT2D eigenvalue weighted by molar-refractivity contribution is 0.307. The molecule has 0 N–H and O–H groups in total. The van der Waals surface area contributed by atoms with Gasteiger partial charge in [0.2, 0.25) is 0 Å². The number of fused-ring (bicyclic) bond motifs is 1. The fraction of sp³-hybridized carbons (Fsp3) is 0.0500. The topological polar surface area (TPSA) is 52.3 Å². The standard InChI is InChI=1S/C20H16N4O/c1-2-10-20-17(6-1)7-4-8-18(20)13-25-19-9-3-5-16(11-19)12-23-24-14-21-22-15-24/h1-12,14-15H,13H2/b23-12-. The van der Waals surface area contributed by atoms with Gasteiger partial charge in [-0.25, -0.2) is 4.68 Å². The van der Waals surface area contributed by atoms with Gasteiger partial charge in [0.25, 0.3) is 0 Å². The molecule has 0 aliphatic rings. The zero-order chi connectivity index (χ0) is 16.9. The highest BCUT2D eigenvalue weighted by Gasteiger charge is 2.02. The van der Waals surface area contributed by atoms with Gasteiger partial charge in [-0.3, -0.25) is 0 Å². The minimum Gasteiger partial charge on any atom is -0.489 e. The summed E-state index contributed by atoms with van der Waals surface area (Å²) in [7, 11) is 0. The first-order valence-electron chi connectivity index (χ1n) is 7.97. The SMILES string of the molecule is C(=N/n1cnnc1)/c1cccc(OCc2cccc3ccccc23)c1. The van der Waals surface area contributed by atoms with E-state index in [1.165, 1.54) is 29.0 Å². The fourth-order valence-electron chi connectivity index (χ4n) is 2.65. The largest absolute Gasteiger partial charge is 0.489 e. The number of nitrogens with zero attached hydrogens (tertiary/aromatic N) is 4. The monoisotopic (exact) mass is 328 g/mol. The number of ether oxygens (including phenoxy) is 1. The number of hydrogen-bond donors (Lipinski definition) is 0. The molecular weight excluding hydrogens is 312 g/mol. The molecule has 4 aromatic rings. The summed E-state index contributed by atoms with van der Waals surface area (Å²) in [5.74, 6) is 0.806. The van der Waals surface area contributed by atoms with Crippen LogP contribution in [0.15, 0.2) is 84.5 Å². The fourth-order valence-corrected chi connectivity index (χ4v) is 2.65. The molecule has 0 aliphatic heterocycles. The average molecular weight is 328 g/mol. The van der Waals surface area contributed by atoms with E-state index in [0.717, 1.165) is 11.3 Å². The lowest BCUT2D eigenvalue weighted by Crippen LogP contribution is -1.97. The van der Waals surface area contributed by atoms with Crippen molar-refractivity contribution in [1.82, 2.24) is 14.9 Å². The molecule has 5 heteroatoms. The lowest BCUT2D eigenvalue weighted by Gasteiger charge is -2.09. The third-order valence-electron chi connectivity index (χ3n) is 3.88. The zero-order valence-corrected chi connectivity index (χ0v) is 13.5. The van der Waals surface area contributed by atoms with E-state index in [1.54, 1.807) is 10.9 Å². The van der Waals surface area contributed by atoms with Crippen LogP contribution in [0.25, 0.3) is 10.8 Å². The summed E-state index contributed by atoms with van der Waals surface area (Å²) >= 11 is 0. The van der Waals surface area contributed by atoms with Crippen LogP contribution < -0.4 is 4.74 Å². The first-order valence-corrected chi connectivity index (χ1v) is 7.97. The molecule has 3 aromatic carbocycles. The molecule has 4 rings (SSSR count). The molecule has 0 bridgehead atoms. The summed E-state index contributed by atoms with van der Waals surface area (Å²) in [6.07, 6.45) is 4.82. The van der Waals surface area contributed by atoms with Gasteiger partial charge in [0.15, 0.2) is 0 Å². The number of hydrogen-bond acceptors (Lipinski definition) is 4. The molecule has 1 heterocycles. The molecule has 1 aromatic heterocycles. The molecule has 0 atom stereocenters. The molecule has 25 heavy (non-hydrogen) atoms. The number of rotatable bonds is 5. The van der Waals surface area contributed by atoms with E-state index in [-0.39, 0.29) is 0 Å². The van der Waals surface area contributed by atoms with Crippen LogP contribution in [-0.2, 0) is 6.61 Å². The minimum absolute atomic E-state index is 0.521. The number of benzene rings is 3. The van der Waals surface area contributed by atoms with Crippen molar-refractivity contribution in [3.8, 4) is 5.75 Å². The Labute approximate surface area is 145 Å². The van der Waals surface area contributed by atoms with Crippen LogP contribution in [0.1, 0.15) is 11.1 Å². The Hall–Kier alpha value is -3.47. The maximum atomic E-state index is 5.98. The molecule has 0 amide bonds. The van der Waals surface area contributed by atoms with E-state index < -0.39 is 0 Å². The van der Waals surface area contributed by atoms with Crippen molar-refractivity contribution in [3.63, 3.8) is 0 Å². The molecule has 0 fully saturated rings. The van der Waals surface area contributed by atoms with Gasteiger partial charge in [0.1, 0.15) is 25.0 Å². The van der Waals surface area contributed by atoms with E-state index in [4.69, 9.17) is 4.74 Å². The third-order valence-corrected chi connectivity index (χ3v) is 3.88. The van der Waals surface area contributed by atoms with E-state index in [0.29, 0.717) is 6.61 Å². The molecule has 0 spiro atoms. The Kier molecular flexibility index (Phi) is 4.20. The predicted molar refractivity (Wildman–Crippen MR) is 97.7 cm³/mol. The average Bonchev–Trinajstić information content (AvgIpc) is 3.19. The summed E-state index contributed by atoms with van der Waals surface area (Å²) in [6.45, 7) is 0.521. The van der Waals surface area contributed by atoms with Crippen LogP contribution in [-0.4, -0.2) is 21.1 Å². The van der Waals surface area contributed by atoms with Gasteiger partial charge in [-0.2, -0.15) is 5.10 Å². The lowest BCUT2D eigenvalue weighted by atomic mass is 10.1. The quantitative estimate of drug-likeness (QED) is 0.522. The van der Waals surface area contributed by atoms with Crippen molar-refractivity contribution >= 4 is 17.0 Å². The molecule has 0 aliphatic carbocycles. The van der Waals surface area contributed by atoms with Gasteiger partial charge < -0.3 is 4.74 Å². The van der Waals surface area contributed by atoms with Crippen LogP contribution >= 0.6 is 0 Å². The Morgan fingerprint density at radius 2 is 1.72 bits per heavy atom. The van der Waals surface area contributed by atoms with E-state index in [1.807, 2.05) is 36.4 Å².